The van der Waals surface area contributed by atoms with Crippen LogP contribution in [0.15, 0.2) is 42.5 Å². The van der Waals surface area contributed by atoms with Gasteiger partial charge < -0.3 is 20.3 Å². The summed E-state index contributed by atoms with van der Waals surface area (Å²) in [6.45, 7) is 1.18. The highest BCUT2D eigenvalue weighted by molar-refractivity contribution is 6.30. The molecular formula is C23H23ClF3N3O3. The first kappa shape index (κ1) is 23.2. The summed E-state index contributed by atoms with van der Waals surface area (Å²) >= 11 is 5.98. The van der Waals surface area contributed by atoms with Crippen LogP contribution in [-0.2, 0) is 11.0 Å². The number of hydrogen-bond donors (Lipinski definition) is 2. The van der Waals surface area contributed by atoms with Gasteiger partial charge in [0.05, 0.1) is 17.9 Å². The second-order valence-corrected chi connectivity index (χ2v) is 8.73. The molecule has 6 nitrogen and oxygen atoms in total. The molecule has 2 N–H and O–H groups in total. The smallest absolute Gasteiger partial charge is 0.416 e. The summed E-state index contributed by atoms with van der Waals surface area (Å²) in [4.78, 5) is 27.1. The lowest BCUT2D eigenvalue weighted by Gasteiger charge is -2.39. The quantitative estimate of drug-likeness (QED) is 0.553. The van der Waals surface area contributed by atoms with Crippen LogP contribution in [0.1, 0.15) is 24.8 Å². The normalized spacial score (nSPS) is 21.2. The average Bonchev–Trinajstić information content (AvgIpc) is 2.74. The van der Waals surface area contributed by atoms with Crippen molar-refractivity contribution in [1.82, 2.24) is 4.90 Å². The van der Waals surface area contributed by atoms with Crippen molar-refractivity contribution in [3.8, 4) is 5.75 Å². The molecule has 3 amide bonds. The fourth-order valence-electron chi connectivity index (χ4n) is 4.32. The number of carbonyl (C=O) groups excluding carboxylic acids is 2. The fourth-order valence-corrected chi connectivity index (χ4v) is 4.51. The van der Waals surface area contributed by atoms with Gasteiger partial charge in [0.1, 0.15) is 5.75 Å². The lowest BCUT2D eigenvalue weighted by atomic mass is 9.81. The van der Waals surface area contributed by atoms with Gasteiger partial charge in [-0.15, -0.1) is 0 Å². The maximum Gasteiger partial charge on any atom is 0.416 e. The Balaban J connectivity index is 1.45. The van der Waals surface area contributed by atoms with Gasteiger partial charge in [0, 0.05) is 30.2 Å². The molecule has 0 aromatic heterocycles. The number of nitrogens with one attached hydrogen (secondary N) is 2. The molecule has 2 aliphatic rings. The summed E-state index contributed by atoms with van der Waals surface area (Å²) in [7, 11) is 0. The van der Waals surface area contributed by atoms with E-state index in [1.807, 2.05) is 0 Å². The molecule has 33 heavy (non-hydrogen) atoms. The van der Waals surface area contributed by atoms with Gasteiger partial charge in [-0.1, -0.05) is 17.7 Å². The largest absolute Gasteiger partial charge is 0.491 e. The molecule has 10 heteroatoms. The first-order valence-corrected chi connectivity index (χ1v) is 11.0. The topological polar surface area (TPSA) is 70.7 Å². The van der Waals surface area contributed by atoms with E-state index in [9.17, 15) is 22.8 Å². The van der Waals surface area contributed by atoms with Crippen LogP contribution < -0.4 is 15.4 Å². The second-order valence-electron chi connectivity index (χ2n) is 8.29. The lowest BCUT2D eigenvalue weighted by Crippen LogP contribution is -2.46. The van der Waals surface area contributed by atoms with Crippen molar-refractivity contribution in [2.24, 2.45) is 11.8 Å². The van der Waals surface area contributed by atoms with E-state index in [4.69, 9.17) is 16.3 Å². The van der Waals surface area contributed by atoms with Crippen molar-refractivity contribution < 1.29 is 27.5 Å². The van der Waals surface area contributed by atoms with Crippen LogP contribution in [0.4, 0.5) is 29.3 Å². The Bertz CT molecular complexity index is 1050. The van der Waals surface area contributed by atoms with Crippen LogP contribution in [-0.4, -0.2) is 36.5 Å². The Kier molecular flexibility index (Phi) is 6.69. The highest BCUT2D eigenvalue weighted by Gasteiger charge is 2.35. The molecule has 2 aromatic rings. The fraction of sp³-hybridized carbons (Fsp3) is 0.391. The van der Waals surface area contributed by atoms with Gasteiger partial charge in [0.2, 0.25) is 5.91 Å². The number of ether oxygens (including phenoxy) is 1. The maximum atomic E-state index is 13.1. The Labute approximate surface area is 194 Å². The minimum absolute atomic E-state index is 0.00355. The van der Waals surface area contributed by atoms with Crippen molar-refractivity contribution in [3.05, 3.63) is 53.1 Å². The van der Waals surface area contributed by atoms with Gasteiger partial charge >= 0.3 is 12.2 Å². The minimum atomic E-state index is -4.52. The Morgan fingerprint density at radius 2 is 1.97 bits per heavy atom. The number of fused-ring (bicyclic) bond motifs is 2. The van der Waals surface area contributed by atoms with E-state index in [0.29, 0.717) is 36.6 Å². The highest BCUT2D eigenvalue weighted by atomic mass is 35.5. The summed E-state index contributed by atoms with van der Waals surface area (Å²) in [5, 5.41) is 5.93. The third-order valence-corrected chi connectivity index (χ3v) is 6.26. The SMILES string of the molecule is O=C1C[C@@H]2CCN(C(=O)Nc3cccc(Cl)c3)C[C@@H]2CCOc2ccc(C(F)(F)F)cc2N1. The number of alkyl halides is 3. The predicted molar refractivity (Wildman–Crippen MR) is 118 cm³/mol. The summed E-state index contributed by atoms with van der Waals surface area (Å²) in [5.74, 6) is -0.157. The molecule has 0 aliphatic carbocycles. The molecule has 0 spiro atoms. The van der Waals surface area contributed by atoms with E-state index in [2.05, 4.69) is 10.6 Å². The highest BCUT2D eigenvalue weighted by Crippen LogP contribution is 2.37. The minimum Gasteiger partial charge on any atom is -0.491 e. The molecule has 0 bridgehead atoms. The molecule has 176 valence electrons. The summed E-state index contributed by atoms with van der Waals surface area (Å²) in [6.07, 6.45) is -3.17. The van der Waals surface area contributed by atoms with E-state index in [-0.39, 0.29) is 48.2 Å². The third-order valence-electron chi connectivity index (χ3n) is 6.03. The van der Waals surface area contributed by atoms with Gasteiger partial charge in [-0.25, -0.2) is 4.79 Å². The lowest BCUT2D eigenvalue weighted by molar-refractivity contribution is -0.137. The van der Waals surface area contributed by atoms with Gasteiger partial charge in [-0.3, -0.25) is 4.79 Å². The number of hydrogen-bond acceptors (Lipinski definition) is 3. The number of likely N-dealkylation sites (tertiary alicyclic amines) is 1. The van der Waals surface area contributed by atoms with Crippen LogP contribution in [0.5, 0.6) is 5.75 Å². The van der Waals surface area contributed by atoms with Crippen molar-refractivity contribution in [3.63, 3.8) is 0 Å². The molecule has 0 unspecified atom stereocenters. The monoisotopic (exact) mass is 481 g/mol. The molecule has 2 aromatic carbocycles. The Hall–Kier alpha value is -2.94. The van der Waals surface area contributed by atoms with E-state index in [0.717, 1.165) is 12.1 Å². The molecule has 2 heterocycles. The third kappa shape index (κ3) is 5.71. The molecule has 4 rings (SSSR count). The van der Waals surface area contributed by atoms with Crippen molar-refractivity contribution in [1.29, 1.82) is 0 Å². The Morgan fingerprint density at radius 3 is 2.73 bits per heavy atom. The molecule has 1 saturated heterocycles. The number of nitrogens with zero attached hydrogens (tertiary/aromatic N) is 1. The molecule has 0 radical (unpaired) electrons. The number of urea groups is 1. The number of halogens is 4. The number of amides is 3. The maximum absolute atomic E-state index is 13.1. The first-order valence-electron chi connectivity index (χ1n) is 10.6. The number of rotatable bonds is 1. The zero-order valence-electron chi connectivity index (χ0n) is 17.6. The summed E-state index contributed by atoms with van der Waals surface area (Å²) < 4.78 is 44.9. The van der Waals surface area contributed by atoms with Gasteiger partial charge in [0.25, 0.3) is 0 Å². The number of carbonyl (C=O) groups is 2. The molecule has 1 fully saturated rings. The van der Waals surface area contributed by atoms with Crippen LogP contribution in [0.25, 0.3) is 0 Å². The Morgan fingerprint density at radius 1 is 1.15 bits per heavy atom. The summed E-state index contributed by atoms with van der Waals surface area (Å²) in [5.41, 5.74) is -0.233. The molecule has 0 saturated carbocycles. The second kappa shape index (κ2) is 9.51. The zero-order chi connectivity index (χ0) is 23.6. The molecular weight excluding hydrogens is 459 g/mol. The van der Waals surface area contributed by atoms with Gasteiger partial charge in [-0.2, -0.15) is 13.2 Å². The molecule has 2 atom stereocenters. The van der Waals surface area contributed by atoms with Crippen molar-refractivity contribution in [2.75, 3.05) is 30.3 Å². The predicted octanol–water partition coefficient (Wildman–Crippen LogP) is 5.64. The van der Waals surface area contributed by atoms with E-state index in [1.54, 1.807) is 29.2 Å². The van der Waals surface area contributed by atoms with E-state index in [1.165, 1.54) is 6.07 Å². The first-order chi connectivity index (χ1) is 15.7. The number of anilines is 2. The van der Waals surface area contributed by atoms with Crippen molar-refractivity contribution >= 4 is 34.9 Å². The van der Waals surface area contributed by atoms with E-state index >= 15 is 0 Å². The van der Waals surface area contributed by atoms with Crippen LogP contribution in [0.2, 0.25) is 5.02 Å². The van der Waals surface area contributed by atoms with Crippen LogP contribution in [0, 0.1) is 11.8 Å². The van der Waals surface area contributed by atoms with Crippen LogP contribution >= 0.6 is 11.6 Å². The summed E-state index contributed by atoms with van der Waals surface area (Å²) in [6, 6.07) is 9.69. The van der Waals surface area contributed by atoms with E-state index < -0.39 is 11.7 Å². The van der Waals surface area contributed by atoms with Gasteiger partial charge in [-0.05, 0) is 61.1 Å². The van der Waals surface area contributed by atoms with Crippen LogP contribution in [0.3, 0.4) is 0 Å². The molecule has 2 aliphatic heterocycles. The van der Waals surface area contributed by atoms with Crippen molar-refractivity contribution in [2.45, 2.75) is 25.4 Å². The number of piperidine rings is 1. The standard InChI is InChI=1S/C23H23ClF3N3O3/c24-17-2-1-3-18(12-17)28-22(32)30-8-6-14-10-21(31)29-19-11-16(23(25,26)27)4-5-20(19)33-9-7-15(14)13-30/h1-5,11-12,14-15H,6-10,13H2,(H,28,32)(H,29,31)/t14-,15-/m0/s1. The zero-order valence-corrected chi connectivity index (χ0v) is 18.4. The average molecular weight is 482 g/mol. The van der Waals surface area contributed by atoms with Gasteiger partial charge in [0.15, 0.2) is 0 Å². The number of benzene rings is 2.